The number of likely N-dealkylation sites (N-methyl/N-ethyl adjacent to an activating group) is 1. The highest BCUT2D eigenvalue weighted by molar-refractivity contribution is 6.31. The Kier molecular flexibility index (Phi) is 7.37. The maximum atomic E-state index is 14.3. The number of benzene rings is 3. The molecule has 41 heavy (non-hydrogen) atoms. The summed E-state index contributed by atoms with van der Waals surface area (Å²) in [6, 6.07) is 20.1. The number of piperidine rings is 1. The SMILES string of the molecule is CC(=O)N1CC2(CCN(C[C@@H]3C[C@@]3(C(=O)N(C)Cc3ccccc3Cl)c3ccc(Cl)cc3)CC2)c2cc(F)ccc21. The van der Waals surface area contributed by atoms with Gasteiger partial charge in [0.2, 0.25) is 11.8 Å². The Labute approximate surface area is 250 Å². The number of hydrogen-bond acceptors (Lipinski definition) is 3. The van der Waals surface area contributed by atoms with Gasteiger partial charge in [0.1, 0.15) is 5.82 Å². The van der Waals surface area contributed by atoms with Crippen molar-refractivity contribution >= 4 is 40.7 Å². The van der Waals surface area contributed by atoms with Crippen LogP contribution in [0, 0.1) is 11.7 Å². The zero-order valence-electron chi connectivity index (χ0n) is 23.4. The molecule has 5 nitrogen and oxygen atoms in total. The minimum Gasteiger partial charge on any atom is -0.341 e. The monoisotopic (exact) mass is 593 g/mol. The van der Waals surface area contributed by atoms with Crippen molar-refractivity contribution in [2.75, 3.05) is 38.1 Å². The van der Waals surface area contributed by atoms with Crippen LogP contribution in [0.1, 0.15) is 42.9 Å². The molecular weight excluding hydrogens is 560 g/mol. The lowest BCUT2D eigenvalue weighted by Crippen LogP contribution is -2.47. The molecule has 1 aliphatic carbocycles. The van der Waals surface area contributed by atoms with Crippen LogP contribution in [-0.4, -0.2) is 54.8 Å². The van der Waals surface area contributed by atoms with Crippen molar-refractivity contribution in [3.05, 3.63) is 99.3 Å². The smallest absolute Gasteiger partial charge is 0.233 e. The van der Waals surface area contributed by atoms with E-state index in [1.807, 2.05) is 55.6 Å². The molecule has 2 aliphatic heterocycles. The lowest BCUT2D eigenvalue weighted by molar-refractivity contribution is -0.133. The van der Waals surface area contributed by atoms with Gasteiger partial charge in [0, 0.05) is 54.8 Å². The van der Waals surface area contributed by atoms with E-state index >= 15 is 0 Å². The fraction of sp³-hybridized carbons (Fsp3) is 0.394. The quantitative estimate of drug-likeness (QED) is 0.330. The normalized spacial score (nSPS) is 23.0. The summed E-state index contributed by atoms with van der Waals surface area (Å²) in [6.07, 6.45) is 2.45. The predicted molar refractivity (Wildman–Crippen MR) is 161 cm³/mol. The van der Waals surface area contributed by atoms with Gasteiger partial charge in [-0.15, -0.1) is 0 Å². The van der Waals surface area contributed by atoms with Crippen molar-refractivity contribution < 1.29 is 14.0 Å². The molecule has 1 saturated carbocycles. The fourth-order valence-corrected chi connectivity index (χ4v) is 7.48. The molecule has 3 aromatic rings. The van der Waals surface area contributed by atoms with Crippen LogP contribution in [0.2, 0.25) is 10.0 Å². The summed E-state index contributed by atoms with van der Waals surface area (Å²) in [7, 11) is 1.85. The van der Waals surface area contributed by atoms with Gasteiger partial charge in [-0.05, 0) is 91.4 Å². The Morgan fingerprint density at radius 2 is 1.73 bits per heavy atom. The molecule has 214 valence electrons. The highest BCUT2D eigenvalue weighted by Gasteiger charge is 2.62. The second kappa shape index (κ2) is 10.7. The van der Waals surface area contributed by atoms with Gasteiger partial charge < -0.3 is 14.7 Å². The van der Waals surface area contributed by atoms with E-state index in [0.717, 1.165) is 61.3 Å². The first-order chi connectivity index (χ1) is 19.6. The molecule has 2 fully saturated rings. The second-order valence-electron chi connectivity index (χ2n) is 12.0. The van der Waals surface area contributed by atoms with Gasteiger partial charge in [0.25, 0.3) is 0 Å². The van der Waals surface area contributed by atoms with Crippen LogP contribution in [0.3, 0.4) is 0 Å². The van der Waals surface area contributed by atoms with Crippen LogP contribution >= 0.6 is 23.2 Å². The molecule has 2 amide bonds. The highest BCUT2D eigenvalue weighted by atomic mass is 35.5. The van der Waals surface area contributed by atoms with E-state index in [-0.39, 0.29) is 29.0 Å². The zero-order chi connectivity index (χ0) is 28.9. The summed E-state index contributed by atoms with van der Waals surface area (Å²) < 4.78 is 14.3. The van der Waals surface area contributed by atoms with Crippen LogP contribution in [0.25, 0.3) is 0 Å². The number of nitrogens with zero attached hydrogens (tertiary/aromatic N) is 3. The van der Waals surface area contributed by atoms with Crippen LogP contribution < -0.4 is 4.90 Å². The lowest BCUT2D eigenvalue weighted by atomic mass is 9.74. The number of hydrogen-bond donors (Lipinski definition) is 0. The summed E-state index contributed by atoms with van der Waals surface area (Å²) in [5.41, 5.74) is 2.86. The van der Waals surface area contributed by atoms with E-state index < -0.39 is 5.41 Å². The van der Waals surface area contributed by atoms with E-state index in [2.05, 4.69) is 4.90 Å². The predicted octanol–water partition coefficient (Wildman–Crippen LogP) is 6.45. The van der Waals surface area contributed by atoms with E-state index in [1.165, 1.54) is 6.07 Å². The molecule has 3 aliphatic rings. The van der Waals surface area contributed by atoms with Gasteiger partial charge in [-0.25, -0.2) is 4.39 Å². The summed E-state index contributed by atoms with van der Waals surface area (Å²) in [5.74, 6) is -0.0140. The Balaban J connectivity index is 1.19. The van der Waals surface area contributed by atoms with Crippen LogP contribution in [-0.2, 0) is 27.0 Å². The molecule has 0 N–H and O–H groups in total. The van der Waals surface area contributed by atoms with Crippen molar-refractivity contribution in [1.29, 1.82) is 0 Å². The number of likely N-dealkylation sites (tertiary alicyclic amines) is 1. The first-order valence-corrected chi connectivity index (χ1v) is 14.9. The van der Waals surface area contributed by atoms with Gasteiger partial charge in [0.05, 0.1) is 5.41 Å². The molecule has 2 atom stereocenters. The number of anilines is 1. The molecule has 0 aromatic heterocycles. The first-order valence-electron chi connectivity index (χ1n) is 14.2. The van der Waals surface area contributed by atoms with Crippen molar-refractivity contribution in [2.24, 2.45) is 5.92 Å². The van der Waals surface area contributed by atoms with Gasteiger partial charge in [0.15, 0.2) is 0 Å². The molecule has 6 rings (SSSR count). The fourth-order valence-electron chi connectivity index (χ4n) is 7.16. The van der Waals surface area contributed by atoms with Gasteiger partial charge in [-0.3, -0.25) is 9.59 Å². The molecule has 0 bridgehead atoms. The van der Waals surface area contributed by atoms with Crippen molar-refractivity contribution in [3.8, 4) is 0 Å². The number of rotatable bonds is 6. The molecule has 3 aromatic carbocycles. The van der Waals surface area contributed by atoms with E-state index in [0.29, 0.717) is 23.1 Å². The van der Waals surface area contributed by atoms with Gasteiger partial charge in [-0.1, -0.05) is 53.5 Å². The Bertz CT molecular complexity index is 1490. The van der Waals surface area contributed by atoms with E-state index in [1.54, 1.807) is 28.9 Å². The van der Waals surface area contributed by atoms with E-state index in [9.17, 15) is 14.0 Å². The third kappa shape index (κ3) is 5.04. The maximum absolute atomic E-state index is 14.3. The average Bonchev–Trinajstić information content (AvgIpc) is 3.59. The molecule has 0 radical (unpaired) electrons. The summed E-state index contributed by atoms with van der Waals surface area (Å²) >= 11 is 12.6. The summed E-state index contributed by atoms with van der Waals surface area (Å²) in [4.78, 5) is 32.5. The summed E-state index contributed by atoms with van der Waals surface area (Å²) in [5, 5.41) is 1.30. The largest absolute Gasteiger partial charge is 0.341 e. The topological polar surface area (TPSA) is 43.9 Å². The summed E-state index contributed by atoms with van der Waals surface area (Å²) in [6.45, 7) is 5.08. The molecule has 1 saturated heterocycles. The molecule has 2 heterocycles. The standard InChI is InChI=1S/C33H34Cl2FN3O2/c1-22(40)39-21-32(28-17-27(36)11-12-30(28)39)13-15-38(16-14-32)20-25-18-33(25,24-7-9-26(34)10-8-24)31(41)37(2)19-23-5-3-4-6-29(23)35/h3-12,17,25H,13-16,18-21H2,1-2H3/t25-,33+/m0/s1. The highest BCUT2D eigenvalue weighted by Crippen LogP contribution is 2.57. The Morgan fingerprint density at radius 3 is 2.41 bits per heavy atom. The van der Waals surface area contributed by atoms with Crippen LogP contribution in [0.4, 0.5) is 10.1 Å². The minimum atomic E-state index is -0.607. The Morgan fingerprint density at radius 1 is 1.02 bits per heavy atom. The van der Waals surface area contributed by atoms with Crippen LogP contribution in [0.15, 0.2) is 66.7 Å². The van der Waals surface area contributed by atoms with Gasteiger partial charge in [-0.2, -0.15) is 0 Å². The minimum absolute atomic E-state index is 0.0117. The third-order valence-corrected chi connectivity index (χ3v) is 10.1. The van der Waals surface area contributed by atoms with Crippen molar-refractivity contribution in [2.45, 2.75) is 43.6 Å². The van der Waals surface area contributed by atoms with Crippen LogP contribution in [0.5, 0.6) is 0 Å². The van der Waals surface area contributed by atoms with E-state index in [4.69, 9.17) is 23.2 Å². The lowest BCUT2D eigenvalue weighted by Gasteiger charge is -2.40. The number of carbonyl (C=O) groups excluding carboxylic acids is 2. The molecule has 0 unspecified atom stereocenters. The number of carbonyl (C=O) groups is 2. The third-order valence-electron chi connectivity index (χ3n) is 9.51. The zero-order valence-corrected chi connectivity index (χ0v) is 24.9. The average molecular weight is 595 g/mol. The van der Waals surface area contributed by atoms with Crippen molar-refractivity contribution in [3.63, 3.8) is 0 Å². The molecular formula is C33H34Cl2FN3O2. The number of fused-ring (bicyclic) bond motifs is 2. The molecule has 8 heteroatoms. The maximum Gasteiger partial charge on any atom is 0.233 e. The number of amides is 2. The van der Waals surface area contributed by atoms with Gasteiger partial charge >= 0.3 is 0 Å². The van der Waals surface area contributed by atoms with Crippen molar-refractivity contribution in [1.82, 2.24) is 9.80 Å². The molecule has 1 spiro atoms. The Hall–Kier alpha value is -2.93. The number of halogens is 3. The first kappa shape index (κ1) is 28.2. The second-order valence-corrected chi connectivity index (χ2v) is 12.8.